The Morgan fingerprint density at radius 2 is 2.30 bits per heavy atom. The number of hydrogen-bond donors (Lipinski definition) is 1. The summed E-state index contributed by atoms with van der Waals surface area (Å²) in [5.41, 5.74) is 4.41. The number of ether oxygens (including phenoxy) is 1. The Bertz CT molecular complexity index is 968. The minimum absolute atomic E-state index is 0.132. The van der Waals surface area contributed by atoms with Gasteiger partial charge in [0.1, 0.15) is 6.33 Å². The van der Waals surface area contributed by atoms with Crippen molar-refractivity contribution in [2.24, 2.45) is 5.10 Å². The summed E-state index contributed by atoms with van der Waals surface area (Å²) < 4.78 is 6.98. The fourth-order valence-corrected chi connectivity index (χ4v) is 3.70. The van der Waals surface area contributed by atoms with Gasteiger partial charge in [-0.05, 0) is 25.5 Å². The van der Waals surface area contributed by atoms with Crippen LogP contribution in [0.3, 0.4) is 0 Å². The predicted octanol–water partition coefficient (Wildman–Crippen LogP) is 2.53. The molecule has 2 amide bonds. The second-order valence-corrected chi connectivity index (χ2v) is 6.70. The van der Waals surface area contributed by atoms with E-state index >= 15 is 0 Å². The summed E-state index contributed by atoms with van der Waals surface area (Å²) in [4.78, 5) is 31.6. The number of rotatable bonds is 3. The first kappa shape index (κ1) is 17.5. The Morgan fingerprint density at radius 1 is 1.48 bits per heavy atom. The van der Waals surface area contributed by atoms with E-state index in [1.54, 1.807) is 40.9 Å². The molecule has 3 heterocycles. The summed E-state index contributed by atoms with van der Waals surface area (Å²) in [6, 6.07) is 5.04. The molecule has 2 aromatic rings. The number of nitrogens with zero attached hydrogens (tertiary/aromatic N) is 4. The van der Waals surface area contributed by atoms with Crippen molar-refractivity contribution in [3.8, 4) is 5.69 Å². The average molecular weight is 388 g/mol. The van der Waals surface area contributed by atoms with E-state index in [9.17, 15) is 9.59 Å². The van der Waals surface area contributed by atoms with E-state index in [-0.39, 0.29) is 17.6 Å². The molecule has 1 aromatic carbocycles. The van der Waals surface area contributed by atoms with Crippen LogP contribution in [0.15, 0.2) is 29.6 Å². The van der Waals surface area contributed by atoms with Gasteiger partial charge in [-0.1, -0.05) is 17.7 Å². The number of carbonyl (C=O) groups excluding carboxylic acids is 2. The van der Waals surface area contributed by atoms with E-state index in [1.165, 1.54) is 0 Å². The molecular formula is C18H18ClN5O3. The number of hydrogen-bond acceptors (Lipinski definition) is 5. The molecule has 2 aliphatic rings. The molecule has 4 rings (SSSR count). The number of amides is 2. The van der Waals surface area contributed by atoms with Crippen LogP contribution >= 0.6 is 11.6 Å². The molecular weight excluding hydrogens is 370 g/mol. The van der Waals surface area contributed by atoms with Crippen molar-refractivity contribution in [1.82, 2.24) is 19.9 Å². The summed E-state index contributed by atoms with van der Waals surface area (Å²) in [6.45, 7) is 4.56. The van der Waals surface area contributed by atoms with Gasteiger partial charge in [0.05, 0.1) is 34.6 Å². The van der Waals surface area contributed by atoms with Crippen molar-refractivity contribution in [2.45, 2.75) is 26.3 Å². The maximum absolute atomic E-state index is 12.9. The third kappa shape index (κ3) is 2.76. The van der Waals surface area contributed by atoms with Crippen LogP contribution in [0.4, 0.5) is 0 Å². The molecule has 0 unspecified atom stereocenters. The average Bonchev–Trinajstić information content (AvgIpc) is 3.00. The highest BCUT2D eigenvalue weighted by Gasteiger charge is 2.43. The molecule has 27 heavy (non-hydrogen) atoms. The molecule has 140 valence electrons. The highest BCUT2D eigenvalue weighted by atomic mass is 35.5. The number of nitrogens with one attached hydrogen (secondary N) is 1. The lowest BCUT2D eigenvalue weighted by molar-refractivity contribution is 0.0456. The smallest absolute Gasteiger partial charge is 0.292 e. The van der Waals surface area contributed by atoms with Gasteiger partial charge in [0.25, 0.3) is 11.8 Å². The highest BCUT2D eigenvalue weighted by molar-refractivity contribution is 6.34. The Hall–Kier alpha value is -2.87. The molecule has 0 spiro atoms. The van der Waals surface area contributed by atoms with Gasteiger partial charge in [-0.2, -0.15) is 0 Å². The number of imidazole rings is 1. The second-order valence-electron chi connectivity index (χ2n) is 6.29. The van der Waals surface area contributed by atoms with Gasteiger partial charge >= 0.3 is 0 Å². The van der Waals surface area contributed by atoms with Crippen LogP contribution in [-0.4, -0.2) is 45.3 Å². The number of halogens is 1. The molecule has 9 heteroatoms. The van der Waals surface area contributed by atoms with Crippen molar-refractivity contribution in [2.75, 3.05) is 13.2 Å². The zero-order chi connectivity index (χ0) is 19.1. The molecule has 0 bridgehead atoms. The lowest BCUT2D eigenvalue weighted by atomic mass is 9.97. The molecule has 1 saturated heterocycles. The first-order chi connectivity index (χ1) is 13.0. The van der Waals surface area contributed by atoms with Crippen molar-refractivity contribution >= 4 is 29.3 Å². The molecule has 1 atom stereocenters. The van der Waals surface area contributed by atoms with Crippen LogP contribution < -0.4 is 5.43 Å². The van der Waals surface area contributed by atoms with Gasteiger partial charge in [0, 0.05) is 13.5 Å². The highest BCUT2D eigenvalue weighted by Crippen LogP contribution is 2.42. The summed E-state index contributed by atoms with van der Waals surface area (Å²) >= 11 is 6.30. The van der Waals surface area contributed by atoms with Gasteiger partial charge in [0.15, 0.2) is 5.69 Å². The van der Waals surface area contributed by atoms with Gasteiger partial charge in [0.2, 0.25) is 5.90 Å². The van der Waals surface area contributed by atoms with E-state index in [1.807, 2.05) is 6.92 Å². The molecule has 1 N–H and O–H groups in total. The molecule has 0 saturated carbocycles. The third-order valence-corrected chi connectivity index (χ3v) is 5.06. The summed E-state index contributed by atoms with van der Waals surface area (Å²) in [5.74, 6) is -0.228. The Kier molecular flexibility index (Phi) is 4.35. The molecule has 1 aromatic heterocycles. The lowest BCUT2D eigenvalue weighted by Gasteiger charge is -2.39. The summed E-state index contributed by atoms with van der Waals surface area (Å²) in [5, 5.41) is 4.30. The standard InChI is InChI=1S/C18H18ClN5O3/c1-3-27-10(2)21-22-17(25)15-16-13-7-8-23(13)18(26)14-11(19)5-4-6-12(14)24(16)9-20-15/h4-6,9,13H,3,7-8H2,1-2H3,(H,22,25)/t13-/m0/s1. The molecule has 8 nitrogen and oxygen atoms in total. The summed E-state index contributed by atoms with van der Waals surface area (Å²) in [6.07, 6.45) is 2.30. The number of hydrazone groups is 1. The van der Waals surface area contributed by atoms with E-state index in [2.05, 4.69) is 15.5 Å². The minimum atomic E-state index is -0.451. The van der Waals surface area contributed by atoms with Gasteiger partial charge in [-0.3, -0.25) is 14.2 Å². The first-order valence-electron chi connectivity index (χ1n) is 8.67. The number of carbonyl (C=O) groups is 2. The van der Waals surface area contributed by atoms with Crippen molar-refractivity contribution in [3.63, 3.8) is 0 Å². The fourth-order valence-electron chi connectivity index (χ4n) is 3.45. The fraction of sp³-hybridized carbons (Fsp3) is 0.333. The monoisotopic (exact) mass is 387 g/mol. The van der Waals surface area contributed by atoms with E-state index in [0.717, 1.165) is 6.42 Å². The molecule has 1 fully saturated rings. The van der Waals surface area contributed by atoms with E-state index in [0.29, 0.717) is 41.0 Å². The van der Waals surface area contributed by atoms with Crippen LogP contribution in [0.2, 0.25) is 5.02 Å². The van der Waals surface area contributed by atoms with Crippen LogP contribution in [0.5, 0.6) is 0 Å². The third-order valence-electron chi connectivity index (χ3n) is 4.75. The largest absolute Gasteiger partial charge is 0.480 e. The Morgan fingerprint density at radius 3 is 3.00 bits per heavy atom. The maximum atomic E-state index is 12.9. The zero-order valence-corrected chi connectivity index (χ0v) is 15.7. The van der Waals surface area contributed by atoms with Crippen LogP contribution in [0.1, 0.15) is 52.9 Å². The predicted molar refractivity (Wildman–Crippen MR) is 99.2 cm³/mol. The number of aromatic nitrogens is 2. The second kappa shape index (κ2) is 6.70. The van der Waals surface area contributed by atoms with Crippen LogP contribution in [-0.2, 0) is 4.74 Å². The van der Waals surface area contributed by atoms with Gasteiger partial charge in [-0.15, -0.1) is 5.10 Å². The summed E-state index contributed by atoms with van der Waals surface area (Å²) in [7, 11) is 0. The Balaban J connectivity index is 1.78. The zero-order valence-electron chi connectivity index (χ0n) is 14.9. The van der Waals surface area contributed by atoms with E-state index in [4.69, 9.17) is 16.3 Å². The SMILES string of the molecule is CCOC(C)=NNC(=O)c1ncn2c1[C@@H]1CCN1C(=O)c1c(Cl)cccc1-2. The van der Waals surface area contributed by atoms with Crippen LogP contribution in [0.25, 0.3) is 5.69 Å². The molecule has 0 aliphatic carbocycles. The number of benzene rings is 1. The first-order valence-corrected chi connectivity index (χ1v) is 9.05. The van der Waals surface area contributed by atoms with Crippen molar-refractivity contribution in [1.29, 1.82) is 0 Å². The quantitative estimate of drug-likeness (QED) is 0.498. The normalized spacial score (nSPS) is 18.0. The van der Waals surface area contributed by atoms with Gasteiger partial charge < -0.3 is 9.64 Å². The van der Waals surface area contributed by atoms with E-state index < -0.39 is 5.91 Å². The minimum Gasteiger partial charge on any atom is -0.480 e. The number of fused-ring (bicyclic) bond motifs is 5. The topological polar surface area (TPSA) is 88.8 Å². The van der Waals surface area contributed by atoms with Crippen LogP contribution in [0, 0.1) is 0 Å². The Labute approximate surface area is 160 Å². The molecule has 2 aliphatic heterocycles. The lowest BCUT2D eigenvalue weighted by Crippen LogP contribution is -2.45. The van der Waals surface area contributed by atoms with Crippen molar-refractivity contribution < 1.29 is 14.3 Å². The van der Waals surface area contributed by atoms with Gasteiger partial charge in [-0.25, -0.2) is 10.4 Å². The maximum Gasteiger partial charge on any atom is 0.292 e. The van der Waals surface area contributed by atoms with Crippen molar-refractivity contribution in [3.05, 3.63) is 46.5 Å². The molecule has 0 radical (unpaired) electrons.